The van der Waals surface area contributed by atoms with Crippen molar-refractivity contribution in [2.24, 2.45) is 11.8 Å². The fraction of sp³-hybridized carbons (Fsp3) is 1.00. The Hall–Kier alpha value is -0.0800. The molecule has 0 spiro atoms. The normalized spacial score (nSPS) is 35.6. The van der Waals surface area contributed by atoms with E-state index in [2.05, 4.69) is 19.3 Å². The third-order valence-corrected chi connectivity index (χ3v) is 4.02. The maximum atomic E-state index is 5.83. The second-order valence-corrected chi connectivity index (χ2v) is 5.03. The van der Waals surface area contributed by atoms with E-state index in [1.165, 1.54) is 32.1 Å². The lowest BCUT2D eigenvalue weighted by molar-refractivity contribution is 0.0498. The van der Waals surface area contributed by atoms with Crippen LogP contribution in [0.5, 0.6) is 0 Å². The second kappa shape index (κ2) is 4.63. The maximum absolute atomic E-state index is 5.83. The van der Waals surface area contributed by atoms with Crippen molar-refractivity contribution < 1.29 is 4.74 Å². The van der Waals surface area contributed by atoms with Crippen molar-refractivity contribution in [2.45, 2.75) is 51.2 Å². The molecule has 3 unspecified atom stereocenters. The predicted molar refractivity (Wildman–Crippen MR) is 58.3 cm³/mol. The summed E-state index contributed by atoms with van der Waals surface area (Å²) in [4.78, 5) is 0. The number of rotatable bonds is 4. The highest BCUT2D eigenvalue weighted by molar-refractivity contribution is 4.87. The van der Waals surface area contributed by atoms with Crippen LogP contribution in [0.15, 0.2) is 0 Å². The Balaban J connectivity index is 1.84. The lowest BCUT2D eigenvalue weighted by atomic mass is 9.79. The Labute approximate surface area is 87.4 Å². The summed E-state index contributed by atoms with van der Waals surface area (Å²) in [5, 5.41) is 3.45. The number of ether oxygens (including phenoxy) is 1. The van der Waals surface area contributed by atoms with Crippen molar-refractivity contribution >= 4 is 0 Å². The largest absolute Gasteiger partial charge is 0.376 e. The van der Waals surface area contributed by atoms with E-state index in [0.29, 0.717) is 12.1 Å². The van der Waals surface area contributed by atoms with Crippen LogP contribution in [0.2, 0.25) is 0 Å². The molecule has 1 saturated heterocycles. The Bertz CT molecular complexity index is 179. The molecule has 0 aromatic rings. The van der Waals surface area contributed by atoms with Gasteiger partial charge in [0.15, 0.2) is 0 Å². The van der Waals surface area contributed by atoms with Crippen molar-refractivity contribution in [2.75, 3.05) is 13.7 Å². The minimum Gasteiger partial charge on any atom is -0.376 e. The van der Waals surface area contributed by atoms with Crippen LogP contribution in [-0.2, 0) is 4.74 Å². The highest BCUT2D eigenvalue weighted by Crippen LogP contribution is 2.33. The highest BCUT2D eigenvalue weighted by atomic mass is 16.5. The van der Waals surface area contributed by atoms with Gasteiger partial charge in [-0.3, -0.25) is 0 Å². The molecule has 0 radical (unpaired) electrons. The molecule has 2 fully saturated rings. The van der Waals surface area contributed by atoms with Crippen molar-refractivity contribution in [3.63, 3.8) is 0 Å². The number of hydrogen-bond donors (Lipinski definition) is 1. The minimum absolute atomic E-state index is 0.473. The summed E-state index contributed by atoms with van der Waals surface area (Å²) in [6.45, 7) is 3.29. The van der Waals surface area contributed by atoms with E-state index in [1.54, 1.807) is 0 Å². The van der Waals surface area contributed by atoms with Crippen LogP contribution in [0.3, 0.4) is 0 Å². The summed E-state index contributed by atoms with van der Waals surface area (Å²) in [7, 11) is 2.08. The van der Waals surface area contributed by atoms with Gasteiger partial charge in [0.1, 0.15) is 0 Å². The van der Waals surface area contributed by atoms with Gasteiger partial charge >= 0.3 is 0 Å². The molecule has 14 heavy (non-hydrogen) atoms. The Morgan fingerprint density at radius 1 is 1.36 bits per heavy atom. The Morgan fingerprint density at radius 2 is 2.14 bits per heavy atom. The molecule has 2 nitrogen and oxygen atoms in total. The van der Waals surface area contributed by atoms with E-state index < -0.39 is 0 Å². The fourth-order valence-corrected chi connectivity index (χ4v) is 2.74. The van der Waals surface area contributed by atoms with Gasteiger partial charge in [-0.15, -0.1) is 0 Å². The third-order valence-electron chi connectivity index (χ3n) is 4.02. The SMILES string of the molecule is CNC(CC1CCC1)C1OCCC1C. The maximum Gasteiger partial charge on any atom is 0.0754 e. The molecule has 0 bridgehead atoms. The third kappa shape index (κ3) is 2.12. The molecule has 1 heterocycles. The topological polar surface area (TPSA) is 21.3 Å². The molecule has 0 aromatic heterocycles. The second-order valence-electron chi connectivity index (χ2n) is 5.03. The van der Waals surface area contributed by atoms with E-state index in [-0.39, 0.29) is 0 Å². The zero-order chi connectivity index (χ0) is 9.97. The van der Waals surface area contributed by atoms with Crippen molar-refractivity contribution in [3.05, 3.63) is 0 Å². The van der Waals surface area contributed by atoms with Gasteiger partial charge in [-0.1, -0.05) is 26.2 Å². The van der Waals surface area contributed by atoms with Crippen LogP contribution in [-0.4, -0.2) is 25.8 Å². The van der Waals surface area contributed by atoms with Gasteiger partial charge in [-0.2, -0.15) is 0 Å². The zero-order valence-electron chi connectivity index (χ0n) is 9.46. The van der Waals surface area contributed by atoms with Crippen molar-refractivity contribution in [1.29, 1.82) is 0 Å². The summed E-state index contributed by atoms with van der Waals surface area (Å²) in [5.74, 6) is 1.72. The molecule has 2 heteroatoms. The zero-order valence-corrected chi connectivity index (χ0v) is 9.46. The molecule has 3 atom stereocenters. The first-order valence-electron chi connectivity index (χ1n) is 6.10. The lowest BCUT2D eigenvalue weighted by Crippen LogP contribution is -2.42. The smallest absolute Gasteiger partial charge is 0.0754 e. The Morgan fingerprint density at radius 3 is 2.57 bits per heavy atom. The van der Waals surface area contributed by atoms with E-state index in [4.69, 9.17) is 4.74 Å². The molecule has 1 saturated carbocycles. The number of nitrogens with one attached hydrogen (secondary N) is 1. The highest BCUT2D eigenvalue weighted by Gasteiger charge is 2.33. The van der Waals surface area contributed by atoms with Crippen LogP contribution >= 0.6 is 0 Å². The van der Waals surface area contributed by atoms with Crippen LogP contribution in [0.1, 0.15) is 39.0 Å². The van der Waals surface area contributed by atoms with E-state index in [1.807, 2.05) is 0 Å². The first kappa shape index (κ1) is 10.4. The predicted octanol–water partition coefficient (Wildman–Crippen LogP) is 2.19. The van der Waals surface area contributed by atoms with Crippen LogP contribution < -0.4 is 5.32 Å². The minimum atomic E-state index is 0.473. The van der Waals surface area contributed by atoms with Crippen molar-refractivity contribution in [1.82, 2.24) is 5.32 Å². The summed E-state index contributed by atoms with van der Waals surface area (Å²) < 4.78 is 5.83. The lowest BCUT2D eigenvalue weighted by Gasteiger charge is -2.33. The Kier molecular flexibility index (Phi) is 3.45. The first-order chi connectivity index (χ1) is 6.81. The van der Waals surface area contributed by atoms with E-state index in [9.17, 15) is 0 Å². The van der Waals surface area contributed by atoms with Crippen LogP contribution in [0.25, 0.3) is 0 Å². The van der Waals surface area contributed by atoms with Gasteiger partial charge in [-0.05, 0) is 31.7 Å². The molecule has 1 aliphatic carbocycles. The molecule has 2 aliphatic rings. The number of likely N-dealkylation sites (N-methyl/N-ethyl adjacent to an activating group) is 1. The molecular weight excluding hydrogens is 174 g/mol. The van der Waals surface area contributed by atoms with Gasteiger partial charge in [-0.25, -0.2) is 0 Å². The van der Waals surface area contributed by atoms with Gasteiger partial charge in [0.2, 0.25) is 0 Å². The van der Waals surface area contributed by atoms with Gasteiger partial charge < -0.3 is 10.1 Å². The van der Waals surface area contributed by atoms with E-state index in [0.717, 1.165) is 18.4 Å². The molecule has 0 aromatic carbocycles. The fourth-order valence-electron chi connectivity index (χ4n) is 2.74. The van der Waals surface area contributed by atoms with Crippen LogP contribution in [0, 0.1) is 11.8 Å². The molecular formula is C12H23NO. The summed E-state index contributed by atoms with van der Waals surface area (Å²) in [6, 6.07) is 0.595. The molecule has 1 aliphatic heterocycles. The average Bonchev–Trinajstić information content (AvgIpc) is 2.51. The standard InChI is InChI=1S/C12H23NO/c1-9-6-7-14-12(9)11(13-2)8-10-4-3-5-10/h9-13H,3-8H2,1-2H3. The average molecular weight is 197 g/mol. The first-order valence-corrected chi connectivity index (χ1v) is 6.10. The van der Waals surface area contributed by atoms with Gasteiger partial charge in [0.25, 0.3) is 0 Å². The summed E-state index contributed by atoms with van der Waals surface area (Å²) in [6.07, 6.45) is 7.38. The molecule has 0 amide bonds. The van der Waals surface area contributed by atoms with Crippen LogP contribution in [0.4, 0.5) is 0 Å². The summed E-state index contributed by atoms with van der Waals surface area (Å²) >= 11 is 0. The monoisotopic (exact) mass is 197 g/mol. The van der Waals surface area contributed by atoms with Gasteiger partial charge in [0, 0.05) is 12.6 Å². The molecule has 2 rings (SSSR count). The quantitative estimate of drug-likeness (QED) is 0.746. The molecule has 1 N–H and O–H groups in total. The molecule has 82 valence electrons. The van der Waals surface area contributed by atoms with E-state index >= 15 is 0 Å². The number of hydrogen-bond acceptors (Lipinski definition) is 2. The summed E-state index contributed by atoms with van der Waals surface area (Å²) in [5.41, 5.74) is 0. The van der Waals surface area contributed by atoms with Crippen molar-refractivity contribution in [3.8, 4) is 0 Å². The van der Waals surface area contributed by atoms with Gasteiger partial charge in [0.05, 0.1) is 6.10 Å².